The van der Waals surface area contributed by atoms with E-state index in [-0.39, 0.29) is 30.6 Å². The van der Waals surface area contributed by atoms with E-state index in [2.05, 4.69) is 0 Å². The Labute approximate surface area is 225 Å². The van der Waals surface area contributed by atoms with Crippen molar-refractivity contribution in [1.82, 2.24) is 0 Å². The second-order valence-electron chi connectivity index (χ2n) is 9.70. The average molecular weight is 538 g/mol. The summed E-state index contributed by atoms with van der Waals surface area (Å²) in [5, 5.41) is 9.68. The molecule has 214 valence electrons. The summed E-state index contributed by atoms with van der Waals surface area (Å²) in [5.74, 6) is -4.32. The quantitative estimate of drug-likeness (QED) is 0.216. The van der Waals surface area contributed by atoms with Gasteiger partial charge < -0.3 is 29.8 Å². The molecule has 5 atom stereocenters. The second-order valence-corrected chi connectivity index (χ2v) is 9.70. The zero-order valence-corrected chi connectivity index (χ0v) is 23.4. The van der Waals surface area contributed by atoms with Crippen LogP contribution >= 0.6 is 0 Å². The number of nitrogens with two attached hydrogens (primary N) is 1. The topological polar surface area (TPSA) is 151 Å². The molecule has 10 heteroatoms. The molecule has 0 amide bonds. The number of carboxylic acid groups (broad SMARTS) is 1. The molecule has 38 heavy (non-hydrogen) atoms. The van der Waals surface area contributed by atoms with Gasteiger partial charge >= 0.3 is 24.1 Å². The van der Waals surface area contributed by atoms with Gasteiger partial charge in [0.2, 0.25) is 0 Å². The van der Waals surface area contributed by atoms with Gasteiger partial charge in [-0.3, -0.25) is 14.4 Å². The monoisotopic (exact) mass is 537 g/mol. The number of hydrogen-bond acceptors (Lipinski definition) is 9. The van der Waals surface area contributed by atoms with Crippen LogP contribution in [0, 0.1) is 17.8 Å². The molecule has 1 rings (SSSR count). The van der Waals surface area contributed by atoms with Gasteiger partial charge in [0, 0.05) is 5.92 Å². The smallest absolute Gasteiger partial charge is 0.480 e. The molecular weight excluding hydrogens is 494 g/mol. The van der Waals surface area contributed by atoms with Crippen LogP contribution in [0.25, 0.3) is 0 Å². The lowest BCUT2D eigenvalue weighted by molar-refractivity contribution is -0.141. The Balaban J connectivity index is 3.38. The van der Waals surface area contributed by atoms with Gasteiger partial charge in [0.1, 0.15) is 6.04 Å². The first-order chi connectivity index (χ1) is 18.0. The van der Waals surface area contributed by atoms with Crippen LogP contribution in [0.15, 0.2) is 18.2 Å². The average Bonchev–Trinajstić information content (AvgIpc) is 2.87. The standard InChI is InChI=1S/C28H43NO9/c1-7-10-17(4)26(32)37-21-13-12-20(15-22(21)38-27(33)18(5)11-8-2)23(24(29)25(30)31)19(6)16-36-28(34)35-14-9-3/h12-13,15,17-19,23-24H,7-11,14,16,29H2,1-6H3,(H,30,31)/t17?,18?,19?,23?,24-/m0/s1. The van der Waals surface area contributed by atoms with Gasteiger partial charge in [0.05, 0.1) is 25.0 Å². The Bertz CT molecular complexity index is 933. The summed E-state index contributed by atoms with van der Waals surface area (Å²) in [6.45, 7) is 11.0. The number of esters is 2. The third-order valence-electron chi connectivity index (χ3n) is 6.20. The summed E-state index contributed by atoms with van der Waals surface area (Å²) in [4.78, 5) is 49.0. The number of rotatable bonds is 16. The number of carboxylic acids is 1. The van der Waals surface area contributed by atoms with E-state index in [0.717, 1.165) is 12.8 Å². The van der Waals surface area contributed by atoms with Crippen molar-refractivity contribution in [2.24, 2.45) is 23.5 Å². The lowest BCUT2D eigenvalue weighted by Crippen LogP contribution is -2.40. The van der Waals surface area contributed by atoms with E-state index in [0.29, 0.717) is 24.8 Å². The van der Waals surface area contributed by atoms with Crippen LogP contribution in [-0.2, 0) is 23.9 Å². The molecule has 0 heterocycles. The van der Waals surface area contributed by atoms with Gasteiger partial charge in [0.15, 0.2) is 11.5 Å². The summed E-state index contributed by atoms with van der Waals surface area (Å²) in [6, 6.07) is 3.13. The van der Waals surface area contributed by atoms with E-state index >= 15 is 0 Å². The maximum Gasteiger partial charge on any atom is 0.508 e. The number of aliphatic carboxylic acids is 1. The molecule has 0 bridgehead atoms. The second kappa shape index (κ2) is 16.7. The van der Waals surface area contributed by atoms with Crippen LogP contribution in [-0.4, -0.2) is 48.4 Å². The fourth-order valence-electron chi connectivity index (χ4n) is 3.99. The van der Waals surface area contributed by atoms with Gasteiger partial charge in [-0.25, -0.2) is 4.79 Å². The van der Waals surface area contributed by atoms with Crippen LogP contribution in [0.1, 0.15) is 85.1 Å². The predicted octanol–water partition coefficient (Wildman–Crippen LogP) is 5.06. The molecule has 3 N–H and O–H groups in total. The maximum atomic E-state index is 12.7. The fraction of sp³-hybridized carbons (Fsp3) is 0.643. The van der Waals surface area contributed by atoms with E-state index in [1.165, 1.54) is 12.1 Å². The Morgan fingerprint density at radius 1 is 0.842 bits per heavy atom. The van der Waals surface area contributed by atoms with Crippen molar-refractivity contribution in [2.75, 3.05) is 13.2 Å². The number of ether oxygens (including phenoxy) is 4. The summed E-state index contributed by atoms with van der Waals surface area (Å²) in [7, 11) is 0. The summed E-state index contributed by atoms with van der Waals surface area (Å²) < 4.78 is 21.3. The molecule has 0 aromatic heterocycles. The van der Waals surface area contributed by atoms with Crippen LogP contribution in [0.5, 0.6) is 11.5 Å². The van der Waals surface area contributed by atoms with Crippen molar-refractivity contribution >= 4 is 24.1 Å². The van der Waals surface area contributed by atoms with Crippen LogP contribution in [0.4, 0.5) is 4.79 Å². The van der Waals surface area contributed by atoms with Gasteiger partial charge in [0.25, 0.3) is 0 Å². The van der Waals surface area contributed by atoms with E-state index < -0.39 is 47.9 Å². The first kappa shape index (κ1) is 32.9. The van der Waals surface area contributed by atoms with Crippen LogP contribution < -0.4 is 15.2 Å². The largest absolute Gasteiger partial charge is 0.508 e. The van der Waals surface area contributed by atoms with Crippen molar-refractivity contribution < 1.29 is 43.2 Å². The normalized spacial score (nSPS) is 14.9. The van der Waals surface area contributed by atoms with Crippen molar-refractivity contribution in [3.63, 3.8) is 0 Å². The highest BCUT2D eigenvalue weighted by Crippen LogP contribution is 2.36. The van der Waals surface area contributed by atoms with Crippen LogP contribution in [0.2, 0.25) is 0 Å². The maximum absolute atomic E-state index is 12.7. The third-order valence-corrected chi connectivity index (χ3v) is 6.20. The lowest BCUT2D eigenvalue weighted by atomic mass is 9.82. The highest BCUT2D eigenvalue weighted by Gasteiger charge is 2.33. The third kappa shape index (κ3) is 10.3. The first-order valence-corrected chi connectivity index (χ1v) is 13.3. The predicted molar refractivity (Wildman–Crippen MR) is 141 cm³/mol. The molecule has 0 saturated heterocycles. The molecule has 0 radical (unpaired) electrons. The minimum atomic E-state index is -1.36. The lowest BCUT2D eigenvalue weighted by Gasteiger charge is -2.28. The Hall–Kier alpha value is -3.14. The van der Waals surface area contributed by atoms with Crippen molar-refractivity contribution in [1.29, 1.82) is 0 Å². The molecule has 0 spiro atoms. The minimum absolute atomic E-state index is 0.00874. The van der Waals surface area contributed by atoms with Crippen molar-refractivity contribution in [3.05, 3.63) is 23.8 Å². The molecule has 0 aliphatic heterocycles. The molecule has 4 unspecified atom stereocenters. The number of carbonyl (C=O) groups is 4. The van der Waals surface area contributed by atoms with Gasteiger partial charge in [-0.1, -0.05) is 60.5 Å². The summed E-state index contributed by atoms with van der Waals surface area (Å²) in [6.07, 6.45) is 2.59. The van der Waals surface area contributed by atoms with Crippen molar-refractivity contribution in [3.8, 4) is 11.5 Å². The molecule has 1 aromatic carbocycles. The SMILES string of the molecule is CCCOC(=O)OCC(C)C(c1ccc(OC(=O)C(C)CCC)c(OC(=O)C(C)CCC)c1)[C@H](N)C(=O)O. The number of hydrogen-bond donors (Lipinski definition) is 2. The Morgan fingerprint density at radius 2 is 1.39 bits per heavy atom. The van der Waals surface area contributed by atoms with E-state index in [1.807, 2.05) is 20.8 Å². The molecule has 0 fully saturated rings. The molecule has 1 aromatic rings. The Kier molecular flexibility index (Phi) is 14.4. The highest BCUT2D eigenvalue weighted by molar-refractivity contribution is 5.79. The summed E-state index contributed by atoms with van der Waals surface area (Å²) >= 11 is 0. The van der Waals surface area contributed by atoms with E-state index in [4.69, 9.17) is 24.7 Å². The Morgan fingerprint density at radius 3 is 1.89 bits per heavy atom. The highest BCUT2D eigenvalue weighted by atomic mass is 16.7. The molecular formula is C28H43NO9. The minimum Gasteiger partial charge on any atom is -0.480 e. The molecule has 0 aliphatic rings. The van der Waals surface area contributed by atoms with Crippen LogP contribution in [0.3, 0.4) is 0 Å². The molecule has 0 aliphatic carbocycles. The number of carbonyl (C=O) groups excluding carboxylic acids is 3. The fourth-order valence-corrected chi connectivity index (χ4v) is 3.99. The first-order valence-electron chi connectivity index (χ1n) is 13.3. The van der Waals surface area contributed by atoms with Gasteiger partial charge in [-0.05, 0) is 42.9 Å². The van der Waals surface area contributed by atoms with E-state index in [9.17, 15) is 24.3 Å². The van der Waals surface area contributed by atoms with Crippen molar-refractivity contribution in [2.45, 2.75) is 85.6 Å². The van der Waals surface area contributed by atoms with E-state index in [1.54, 1.807) is 26.8 Å². The van der Waals surface area contributed by atoms with Gasteiger partial charge in [-0.15, -0.1) is 0 Å². The zero-order valence-electron chi connectivity index (χ0n) is 23.4. The number of benzene rings is 1. The summed E-state index contributed by atoms with van der Waals surface area (Å²) in [5.41, 5.74) is 6.47. The molecule has 0 saturated carbocycles. The molecule has 10 nitrogen and oxygen atoms in total. The zero-order chi connectivity index (χ0) is 28.8. The van der Waals surface area contributed by atoms with Gasteiger partial charge in [-0.2, -0.15) is 0 Å².